The Bertz CT molecular complexity index is 934. The largest absolute Gasteiger partial charge is 0.350 e. The molecule has 4 nitrogen and oxygen atoms in total. The lowest BCUT2D eigenvalue weighted by molar-refractivity contribution is 0.103. The Labute approximate surface area is 142 Å². The molecule has 3 rings (SSSR count). The van der Waals surface area contributed by atoms with Gasteiger partial charge in [0.15, 0.2) is 12.1 Å². The first-order chi connectivity index (χ1) is 11.0. The highest BCUT2D eigenvalue weighted by Crippen LogP contribution is 2.24. The van der Waals surface area contributed by atoms with E-state index in [9.17, 15) is 9.59 Å². The van der Waals surface area contributed by atoms with Crippen LogP contribution in [0.25, 0.3) is 10.9 Å². The second kappa shape index (κ2) is 6.18. The van der Waals surface area contributed by atoms with Gasteiger partial charge in [0, 0.05) is 40.8 Å². The van der Waals surface area contributed by atoms with Crippen LogP contribution in [0.2, 0.25) is 5.15 Å². The van der Waals surface area contributed by atoms with Gasteiger partial charge < -0.3 is 4.57 Å². The van der Waals surface area contributed by atoms with Gasteiger partial charge in [0.25, 0.3) is 0 Å². The molecule has 0 fully saturated rings. The number of pyridine rings is 1. The molecule has 0 unspecified atom stereocenters. The third kappa shape index (κ3) is 2.90. The van der Waals surface area contributed by atoms with E-state index in [0.29, 0.717) is 21.7 Å². The third-order valence-electron chi connectivity index (χ3n) is 3.65. The SMILES string of the molecule is CSc1cc(C(=O)c2ccc3c(c2)c(C=O)cn3C)cc(Cl)n1. The van der Waals surface area contributed by atoms with Gasteiger partial charge in [-0.2, -0.15) is 0 Å². The number of aldehydes is 1. The molecule has 0 N–H and O–H groups in total. The number of carbonyl (C=O) groups excluding carboxylic acids is 2. The molecule has 6 heteroatoms. The van der Waals surface area contributed by atoms with Crippen LogP contribution in [0, 0.1) is 0 Å². The number of rotatable bonds is 4. The normalized spacial score (nSPS) is 10.9. The molecule has 3 aromatic rings. The predicted molar refractivity (Wildman–Crippen MR) is 92.8 cm³/mol. The van der Waals surface area contributed by atoms with Gasteiger partial charge in [0.1, 0.15) is 5.15 Å². The van der Waals surface area contributed by atoms with Crippen molar-refractivity contribution >= 4 is 46.3 Å². The van der Waals surface area contributed by atoms with Crippen molar-refractivity contribution in [2.24, 2.45) is 7.05 Å². The van der Waals surface area contributed by atoms with Gasteiger partial charge in [-0.15, -0.1) is 11.8 Å². The number of aromatic nitrogens is 2. The molecule has 0 bridgehead atoms. The van der Waals surface area contributed by atoms with Crippen molar-refractivity contribution in [3.8, 4) is 0 Å². The van der Waals surface area contributed by atoms with Crippen LogP contribution in [0.1, 0.15) is 26.3 Å². The van der Waals surface area contributed by atoms with Gasteiger partial charge in [-0.25, -0.2) is 4.98 Å². The summed E-state index contributed by atoms with van der Waals surface area (Å²) in [6, 6.07) is 8.61. The van der Waals surface area contributed by atoms with E-state index in [1.165, 1.54) is 11.8 Å². The molecule has 0 aliphatic carbocycles. The Morgan fingerprint density at radius 1 is 1.26 bits per heavy atom. The Morgan fingerprint density at radius 2 is 2.04 bits per heavy atom. The first-order valence-corrected chi connectivity index (χ1v) is 8.44. The van der Waals surface area contributed by atoms with E-state index in [1.54, 1.807) is 30.5 Å². The first kappa shape index (κ1) is 15.8. The van der Waals surface area contributed by atoms with Crippen LogP contribution in [0.5, 0.6) is 0 Å². The summed E-state index contributed by atoms with van der Waals surface area (Å²) >= 11 is 7.40. The minimum atomic E-state index is -0.146. The van der Waals surface area contributed by atoms with Gasteiger partial charge in [-0.3, -0.25) is 9.59 Å². The molecule has 2 aromatic heterocycles. The standard InChI is InChI=1S/C17H13ClN2O2S/c1-20-8-12(9-21)13-5-10(3-4-14(13)20)17(22)11-6-15(18)19-16(7-11)23-2/h3-9H,1-2H3. The topological polar surface area (TPSA) is 52.0 Å². The predicted octanol–water partition coefficient (Wildman–Crippen LogP) is 3.99. The molecule has 0 radical (unpaired) electrons. The summed E-state index contributed by atoms with van der Waals surface area (Å²) in [5.74, 6) is -0.146. The summed E-state index contributed by atoms with van der Waals surface area (Å²) in [7, 11) is 1.87. The lowest BCUT2D eigenvalue weighted by Gasteiger charge is -2.05. The van der Waals surface area contributed by atoms with Crippen molar-refractivity contribution in [2.75, 3.05) is 6.26 Å². The number of aryl methyl sites for hydroxylation is 1. The summed E-state index contributed by atoms with van der Waals surface area (Å²) in [5, 5.41) is 1.74. The van der Waals surface area contributed by atoms with Crippen LogP contribution in [0.3, 0.4) is 0 Å². The Morgan fingerprint density at radius 3 is 2.74 bits per heavy atom. The van der Waals surface area contributed by atoms with Crippen LogP contribution < -0.4 is 0 Å². The molecular formula is C17H13ClN2O2S. The zero-order valence-electron chi connectivity index (χ0n) is 12.5. The maximum absolute atomic E-state index is 12.7. The highest BCUT2D eigenvalue weighted by Gasteiger charge is 2.14. The molecule has 0 spiro atoms. The Balaban J connectivity index is 2.11. The zero-order chi connectivity index (χ0) is 16.6. The number of benzene rings is 1. The fourth-order valence-corrected chi connectivity index (χ4v) is 3.23. The molecule has 0 atom stereocenters. The molecule has 23 heavy (non-hydrogen) atoms. The lowest BCUT2D eigenvalue weighted by Crippen LogP contribution is -2.02. The second-order valence-electron chi connectivity index (χ2n) is 5.10. The maximum Gasteiger partial charge on any atom is 0.193 e. The number of hydrogen-bond acceptors (Lipinski definition) is 4. The summed E-state index contributed by atoms with van der Waals surface area (Å²) in [5.41, 5.74) is 2.47. The molecular weight excluding hydrogens is 332 g/mol. The quantitative estimate of drug-likeness (QED) is 0.311. The number of thioether (sulfide) groups is 1. The van der Waals surface area contributed by atoms with Gasteiger partial charge in [-0.05, 0) is 36.6 Å². The van der Waals surface area contributed by atoms with Crippen LogP contribution in [-0.2, 0) is 7.05 Å². The molecule has 0 saturated heterocycles. The van der Waals surface area contributed by atoms with E-state index in [-0.39, 0.29) is 10.9 Å². The second-order valence-corrected chi connectivity index (χ2v) is 6.31. The molecule has 0 aliphatic rings. The summed E-state index contributed by atoms with van der Waals surface area (Å²) in [6.45, 7) is 0. The Hall–Kier alpha value is -2.11. The number of hydrogen-bond donors (Lipinski definition) is 0. The molecule has 0 aliphatic heterocycles. The van der Waals surface area contributed by atoms with E-state index in [2.05, 4.69) is 4.98 Å². The van der Waals surface area contributed by atoms with Crippen LogP contribution >= 0.6 is 23.4 Å². The van der Waals surface area contributed by atoms with Gasteiger partial charge in [-0.1, -0.05) is 11.6 Å². The van der Waals surface area contributed by atoms with Crippen molar-refractivity contribution in [1.29, 1.82) is 0 Å². The van der Waals surface area contributed by atoms with Crippen LogP contribution in [0.4, 0.5) is 0 Å². The number of halogens is 1. The molecule has 2 heterocycles. The van der Waals surface area contributed by atoms with Crippen molar-refractivity contribution in [2.45, 2.75) is 5.03 Å². The van der Waals surface area contributed by atoms with Gasteiger partial charge in [0.05, 0.1) is 5.03 Å². The van der Waals surface area contributed by atoms with Crippen LogP contribution in [0.15, 0.2) is 41.6 Å². The average molecular weight is 345 g/mol. The highest BCUT2D eigenvalue weighted by atomic mass is 35.5. The minimum Gasteiger partial charge on any atom is -0.350 e. The van der Waals surface area contributed by atoms with E-state index in [0.717, 1.165) is 17.2 Å². The van der Waals surface area contributed by atoms with E-state index < -0.39 is 0 Å². The fourth-order valence-electron chi connectivity index (χ4n) is 2.53. The number of fused-ring (bicyclic) bond motifs is 1. The van der Waals surface area contributed by atoms with Crippen molar-refractivity contribution in [1.82, 2.24) is 9.55 Å². The molecule has 0 amide bonds. The summed E-state index contributed by atoms with van der Waals surface area (Å²) in [4.78, 5) is 28.0. The highest BCUT2D eigenvalue weighted by molar-refractivity contribution is 7.98. The first-order valence-electron chi connectivity index (χ1n) is 6.84. The van der Waals surface area contributed by atoms with Gasteiger partial charge in [0.2, 0.25) is 0 Å². The summed E-state index contributed by atoms with van der Waals surface area (Å²) in [6.07, 6.45) is 4.42. The molecule has 0 saturated carbocycles. The molecule has 1 aromatic carbocycles. The molecule has 116 valence electrons. The zero-order valence-corrected chi connectivity index (χ0v) is 14.1. The van der Waals surface area contributed by atoms with Crippen molar-refractivity contribution in [3.05, 3.63) is 58.4 Å². The maximum atomic E-state index is 12.7. The van der Waals surface area contributed by atoms with Crippen molar-refractivity contribution in [3.63, 3.8) is 0 Å². The van der Waals surface area contributed by atoms with E-state index >= 15 is 0 Å². The average Bonchev–Trinajstić information content (AvgIpc) is 2.89. The van der Waals surface area contributed by atoms with Crippen LogP contribution in [-0.4, -0.2) is 27.9 Å². The fraction of sp³-hybridized carbons (Fsp3) is 0.118. The third-order valence-corrected chi connectivity index (χ3v) is 4.47. The monoisotopic (exact) mass is 344 g/mol. The Kier molecular flexibility index (Phi) is 4.24. The van der Waals surface area contributed by atoms with Crippen molar-refractivity contribution < 1.29 is 9.59 Å². The van der Waals surface area contributed by atoms with E-state index in [1.807, 2.05) is 23.9 Å². The van der Waals surface area contributed by atoms with Gasteiger partial charge >= 0.3 is 0 Å². The number of carbonyl (C=O) groups is 2. The summed E-state index contributed by atoms with van der Waals surface area (Å²) < 4.78 is 1.86. The number of nitrogens with zero attached hydrogens (tertiary/aromatic N) is 2. The lowest BCUT2D eigenvalue weighted by atomic mass is 10.0. The number of ketones is 1. The minimum absolute atomic E-state index is 0.146. The van der Waals surface area contributed by atoms with E-state index in [4.69, 9.17) is 11.6 Å². The smallest absolute Gasteiger partial charge is 0.193 e.